The fourth-order valence-electron chi connectivity index (χ4n) is 2.88. The first kappa shape index (κ1) is 16.7. The van der Waals surface area contributed by atoms with Crippen molar-refractivity contribution in [3.63, 3.8) is 0 Å². The van der Waals surface area contributed by atoms with Crippen LogP contribution < -0.4 is 5.32 Å². The van der Waals surface area contributed by atoms with E-state index >= 15 is 0 Å². The Morgan fingerprint density at radius 1 is 0.808 bits per heavy atom. The van der Waals surface area contributed by atoms with E-state index in [1.807, 2.05) is 66.7 Å². The number of rotatable bonds is 3. The number of carbonyl (C=O) groups is 1. The van der Waals surface area contributed by atoms with Gasteiger partial charge in [-0.25, -0.2) is 0 Å². The summed E-state index contributed by atoms with van der Waals surface area (Å²) >= 11 is 2.28. The van der Waals surface area contributed by atoms with Gasteiger partial charge < -0.3 is 5.32 Å². The molecule has 0 fully saturated rings. The molecule has 0 unspecified atom stereocenters. The molecular formula is C22H15IN2O. The zero-order valence-electron chi connectivity index (χ0n) is 13.8. The first-order chi connectivity index (χ1) is 12.7. The van der Waals surface area contributed by atoms with E-state index in [9.17, 15) is 4.79 Å². The highest BCUT2D eigenvalue weighted by Crippen LogP contribution is 2.26. The number of halogens is 1. The van der Waals surface area contributed by atoms with Gasteiger partial charge in [-0.1, -0.05) is 48.5 Å². The highest BCUT2D eigenvalue weighted by Gasteiger charge is 2.11. The lowest BCUT2D eigenvalue weighted by Crippen LogP contribution is -2.12. The second kappa shape index (κ2) is 7.25. The molecule has 0 radical (unpaired) electrons. The molecular weight excluding hydrogens is 435 g/mol. The van der Waals surface area contributed by atoms with Crippen molar-refractivity contribution in [1.82, 2.24) is 4.98 Å². The third-order valence-electron chi connectivity index (χ3n) is 4.22. The van der Waals surface area contributed by atoms with Crippen LogP contribution in [0.3, 0.4) is 0 Å². The van der Waals surface area contributed by atoms with Crippen molar-refractivity contribution in [2.75, 3.05) is 5.32 Å². The molecule has 3 aromatic carbocycles. The molecule has 0 spiro atoms. The summed E-state index contributed by atoms with van der Waals surface area (Å²) in [6, 6.07) is 25.5. The number of hydrogen-bond acceptors (Lipinski definition) is 2. The number of carbonyl (C=O) groups excluding carboxylic acids is 1. The first-order valence-electron chi connectivity index (χ1n) is 8.22. The Kier molecular flexibility index (Phi) is 4.67. The van der Waals surface area contributed by atoms with E-state index in [0.717, 1.165) is 31.3 Å². The SMILES string of the molecule is O=C(Nc1ccc(I)c2cccnc12)c1ccc(-c2ccccc2)cc1. The van der Waals surface area contributed by atoms with Crippen LogP contribution in [-0.4, -0.2) is 10.9 Å². The maximum absolute atomic E-state index is 12.6. The van der Waals surface area contributed by atoms with Crippen LogP contribution in [0.5, 0.6) is 0 Å². The Morgan fingerprint density at radius 3 is 2.31 bits per heavy atom. The number of nitrogens with zero attached hydrogens (tertiary/aromatic N) is 1. The summed E-state index contributed by atoms with van der Waals surface area (Å²) in [6.07, 6.45) is 1.74. The average molecular weight is 450 g/mol. The van der Waals surface area contributed by atoms with E-state index in [1.165, 1.54) is 0 Å². The minimum Gasteiger partial charge on any atom is -0.320 e. The van der Waals surface area contributed by atoms with Crippen LogP contribution in [-0.2, 0) is 0 Å². The maximum atomic E-state index is 12.6. The van der Waals surface area contributed by atoms with E-state index in [1.54, 1.807) is 6.20 Å². The lowest BCUT2D eigenvalue weighted by molar-refractivity contribution is 0.102. The van der Waals surface area contributed by atoms with Crippen LogP contribution in [0.1, 0.15) is 10.4 Å². The summed E-state index contributed by atoms with van der Waals surface area (Å²) in [7, 11) is 0. The second-order valence-corrected chi connectivity index (χ2v) is 7.05. The van der Waals surface area contributed by atoms with Gasteiger partial charge in [0.1, 0.15) is 0 Å². The number of benzene rings is 3. The monoisotopic (exact) mass is 450 g/mol. The predicted octanol–water partition coefficient (Wildman–Crippen LogP) is 5.76. The third-order valence-corrected chi connectivity index (χ3v) is 5.16. The van der Waals surface area contributed by atoms with E-state index in [-0.39, 0.29) is 5.91 Å². The molecule has 26 heavy (non-hydrogen) atoms. The van der Waals surface area contributed by atoms with Gasteiger partial charge in [0.15, 0.2) is 0 Å². The Balaban J connectivity index is 1.60. The van der Waals surface area contributed by atoms with E-state index < -0.39 is 0 Å². The highest BCUT2D eigenvalue weighted by molar-refractivity contribution is 14.1. The minimum atomic E-state index is -0.141. The Labute approximate surface area is 165 Å². The lowest BCUT2D eigenvalue weighted by atomic mass is 10.0. The highest BCUT2D eigenvalue weighted by atomic mass is 127. The molecule has 4 rings (SSSR count). The van der Waals surface area contributed by atoms with Crippen molar-refractivity contribution < 1.29 is 4.79 Å². The number of anilines is 1. The van der Waals surface area contributed by atoms with Crippen LogP contribution in [0.4, 0.5) is 5.69 Å². The number of fused-ring (bicyclic) bond motifs is 1. The summed E-state index contributed by atoms with van der Waals surface area (Å²) in [4.78, 5) is 17.1. The van der Waals surface area contributed by atoms with E-state index in [4.69, 9.17) is 0 Å². The van der Waals surface area contributed by atoms with Crippen LogP contribution in [0.25, 0.3) is 22.0 Å². The molecule has 0 bridgehead atoms. The van der Waals surface area contributed by atoms with Crippen LogP contribution >= 0.6 is 22.6 Å². The van der Waals surface area contributed by atoms with Crippen molar-refractivity contribution in [1.29, 1.82) is 0 Å². The molecule has 4 aromatic rings. The molecule has 0 atom stereocenters. The van der Waals surface area contributed by atoms with Crippen LogP contribution in [0, 0.1) is 3.57 Å². The Bertz CT molecular complexity index is 1080. The summed E-state index contributed by atoms with van der Waals surface area (Å²) in [5, 5.41) is 4.02. The van der Waals surface area contributed by atoms with Crippen molar-refractivity contribution in [2.24, 2.45) is 0 Å². The van der Waals surface area contributed by atoms with E-state index in [0.29, 0.717) is 5.56 Å². The van der Waals surface area contributed by atoms with Gasteiger partial charge >= 0.3 is 0 Å². The standard InChI is InChI=1S/C22H15IN2O/c23-19-12-13-20(21-18(19)7-4-14-24-21)25-22(26)17-10-8-16(9-11-17)15-5-2-1-3-6-15/h1-14H,(H,25,26). The Hall–Kier alpha value is -2.73. The summed E-state index contributed by atoms with van der Waals surface area (Å²) in [5.41, 5.74) is 4.36. The zero-order valence-corrected chi connectivity index (χ0v) is 16.0. The number of nitrogens with one attached hydrogen (secondary N) is 1. The molecule has 3 nitrogen and oxygen atoms in total. The van der Waals surface area contributed by atoms with Gasteiger partial charge in [-0.3, -0.25) is 9.78 Å². The van der Waals surface area contributed by atoms with Gasteiger partial charge in [-0.05, 0) is 64.0 Å². The fourth-order valence-corrected chi connectivity index (χ4v) is 3.49. The summed E-state index contributed by atoms with van der Waals surface area (Å²) in [5.74, 6) is -0.141. The number of amides is 1. The van der Waals surface area contributed by atoms with Gasteiger partial charge in [0.2, 0.25) is 0 Å². The molecule has 126 valence electrons. The summed E-state index contributed by atoms with van der Waals surface area (Å²) < 4.78 is 1.11. The largest absolute Gasteiger partial charge is 0.320 e. The quantitative estimate of drug-likeness (QED) is 0.404. The summed E-state index contributed by atoms with van der Waals surface area (Å²) in [6.45, 7) is 0. The number of hydrogen-bond donors (Lipinski definition) is 1. The van der Waals surface area contributed by atoms with Crippen molar-refractivity contribution >= 4 is 45.1 Å². The smallest absolute Gasteiger partial charge is 0.255 e. The molecule has 1 aromatic heterocycles. The van der Waals surface area contributed by atoms with Gasteiger partial charge in [0.25, 0.3) is 5.91 Å². The predicted molar refractivity (Wildman–Crippen MR) is 114 cm³/mol. The molecule has 0 aliphatic rings. The zero-order chi connectivity index (χ0) is 17.9. The first-order valence-corrected chi connectivity index (χ1v) is 9.30. The molecule has 0 aliphatic heterocycles. The Morgan fingerprint density at radius 2 is 1.54 bits per heavy atom. The van der Waals surface area contributed by atoms with Crippen molar-refractivity contribution in [2.45, 2.75) is 0 Å². The van der Waals surface area contributed by atoms with Gasteiger partial charge in [-0.15, -0.1) is 0 Å². The normalized spacial score (nSPS) is 10.7. The van der Waals surface area contributed by atoms with Gasteiger partial charge in [-0.2, -0.15) is 0 Å². The van der Waals surface area contributed by atoms with Crippen LogP contribution in [0.2, 0.25) is 0 Å². The minimum absolute atomic E-state index is 0.141. The molecule has 1 N–H and O–H groups in total. The number of aromatic nitrogens is 1. The van der Waals surface area contributed by atoms with Gasteiger partial charge in [0.05, 0.1) is 11.2 Å². The molecule has 1 heterocycles. The third kappa shape index (κ3) is 3.32. The molecule has 0 saturated heterocycles. The maximum Gasteiger partial charge on any atom is 0.255 e. The van der Waals surface area contributed by atoms with E-state index in [2.05, 4.69) is 45.0 Å². The molecule has 4 heteroatoms. The van der Waals surface area contributed by atoms with Gasteiger partial charge in [0, 0.05) is 20.7 Å². The molecule has 0 aliphatic carbocycles. The fraction of sp³-hybridized carbons (Fsp3) is 0. The van der Waals surface area contributed by atoms with Crippen molar-refractivity contribution in [3.05, 3.63) is 94.2 Å². The topological polar surface area (TPSA) is 42.0 Å². The molecule has 1 amide bonds. The lowest BCUT2D eigenvalue weighted by Gasteiger charge is -2.10. The van der Waals surface area contributed by atoms with Crippen molar-refractivity contribution in [3.8, 4) is 11.1 Å². The van der Waals surface area contributed by atoms with Crippen LogP contribution in [0.15, 0.2) is 85.1 Å². The molecule has 0 saturated carbocycles. The number of pyridine rings is 1. The second-order valence-electron chi connectivity index (χ2n) is 5.89. The average Bonchev–Trinajstić information content (AvgIpc) is 2.71.